The normalized spacial score (nSPS) is 11.9. The zero-order chi connectivity index (χ0) is 19.7. The van der Waals surface area contributed by atoms with E-state index in [0.717, 1.165) is 0 Å². The summed E-state index contributed by atoms with van der Waals surface area (Å²) in [6, 6.07) is 16.3. The largest absolute Gasteiger partial charge is 0.379 e. The lowest BCUT2D eigenvalue weighted by Crippen LogP contribution is -2.09. The van der Waals surface area contributed by atoms with Gasteiger partial charge in [-0.2, -0.15) is 8.42 Å². The molecule has 0 aliphatic carbocycles. The van der Waals surface area contributed by atoms with Crippen molar-refractivity contribution in [2.24, 2.45) is 0 Å². The van der Waals surface area contributed by atoms with E-state index in [1.807, 2.05) is 0 Å². The second-order valence-electron chi connectivity index (χ2n) is 5.42. The fraction of sp³-hybridized carbons (Fsp3) is 0. The fourth-order valence-electron chi connectivity index (χ4n) is 2.20. The quantitative estimate of drug-likeness (QED) is 0.539. The number of hydrogen-bond acceptors (Lipinski definition) is 5. The predicted molar refractivity (Wildman–Crippen MR) is 103 cm³/mol. The molecule has 0 aliphatic rings. The van der Waals surface area contributed by atoms with E-state index in [2.05, 4.69) is 0 Å². The number of sulfone groups is 1. The SMILES string of the molecule is O=S(=O)(Oc1ccc(S(=O)(=O)c2ccc(Cl)cc2)cc1)c1ccc(Cl)cc1. The maximum atomic E-state index is 12.6. The van der Waals surface area contributed by atoms with Crippen molar-refractivity contribution >= 4 is 43.2 Å². The Morgan fingerprint density at radius 2 is 0.926 bits per heavy atom. The number of hydrogen-bond donors (Lipinski definition) is 0. The first-order valence-electron chi connectivity index (χ1n) is 7.49. The first kappa shape index (κ1) is 19.7. The third-order valence-electron chi connectivity index (χ3n) is 3.57. The lowest BCUT2D eigenvalue weighted by atomic mass is 10.3. The molecule has 3 aromatic rings. The molecule has 0 heterocycles. The van der Waals surface area contributed by atoms with Gasteiger partial charge in [0, 0.05) is 10.0 Å². The predicted octanol–water partition coefficient (Wildman–Crippen LogP) is 4.59. The molecule has 0 saturated heterocycles. The maximum Gasteiger partial charge on any atom is 0.339 e. The molecule has 0 atom stereocenters. The molecule has 0 amide bonds. The van der Waals surface area contributed by atoms with Crippen molar-refractivity contribution in [2.75, 3.05) is 0 Å². The highest BCUT2D eigenvalue weighted by atomic mass is 35.5. The first-order chi connectivity index (χ1) is 12.7. The van der Waals surface area contributed by atoms with Gasteiger partial charge in [-0.1, -0.05) is 23.2 Å². The zero-order valence-electron chi connectivity index (χ0n) is 13.5. The van der Waals surface area contributed by atoms with Crippen molar-refractivity contribution < 1.29 is 21.0 Å². The van der Waals surface area contributed by atoms with Crippen molar-refractivity contribution in [1.29, 1.82) is 0 Å². The summed E-state index contributed by atoms with van der Waals surface area (Å²) < 4.78 is 54.7. The van der Waals surface area contributed by atoms with Crippen molar-refractivity contribution in [3.63, 3.8) is 0 Å². The van der Waals surface area contributed by atoms with Crippen molar-refractivity contribution in [3.8, 4) is 5.75 Å². The van der Waals surface area contributed by atoms with Crippen molar-refractivity contribution in [1.82, 2.24) is 0 Å². The summed E-state index contributed by atoms with van der Waals surface area (Å²) in [4.78, 5) is 0.0141. The number of benzene rings is 3. The zero-order valence-corrected chi connectivity index (χ0v) is 16.7. The van der Waals surface area contributed by atoms with Gasteiger partial charge in [0.2, 0.25) is 9.84 Å². The van der Waals surface area contributed by atoms with Crippen LogP contribution in [0.1, 0.15) is 0 Å². The van der Waals surface area contributed by atoms with Crippen LogP contribution < -0.4 is 4.18 Å². The molecule has 3 rings (SSSR count). The van der Waals surface area contributed by atoms with Gasteiger partial charge < -0.3 is 4.18 Å². The van der Waals surface area contributed by atoms with Crippen LogP contribution in [0.25, 0.3) is 0 Å². The molecule has 0 bridgehead atoms. The smallest absolute Gasteiger partial charge is 0.339 e. The van der Waals surface area contributed by atoms with Crippen LogP contribution in [-0.2, 0) is 20.0 Å². The minimum atomic E-state index is -4.06. The summed E-state index contributed by atoms with van der Waals surface area (Å²) in [6.07, 6.45) is 0. The second kappa shape index (κ2) is 7.52. The molecule has 3 aromatic carbocycles. The Hall–Kier alpha value is -2.06. The van der Waals surface area contributed by atoms with Gasteiger partial charge in [-0.3, -0.25) is 0 Å². The second-order valence-corrected chi connectivity index (χ2v) is 9.79. The maximum absolute atomic E-state index is 12.6. The third kappa shape index (κ3) is 4.44. The van der Waals surface area contributed by atoms with E-state index in [4.69, 9.17) is 27.4 Å². The standard InChI is InChI=1S/C18H12Cl2O5S2/c19-13-1-7-16(8-2-13)26(21,22)17-11-5-15(6-12-17)25-27(23,24)18-9-3-14(20)4-10-18/h1-12H. The molecule has 0 aromatic heterocycles. The van der Waals surface area contributed by atoms with Crippen LogP contribution in [0.4, 0.5) is 0 Å². The average Bonchev–Trinajstić information content (AvgIpc) is 2.62. The van der Waals surface area contributed by atoms with Crippen LogP contribution in [0.15, 0.2) is 87.5 Å². The minimum absolute atomic E-state index is 0.000985. The summed E-state index contributed by atoms with van der Waals surface area (Å²) in [5.74, 6) is -0.0139. The van der Waals surface area contributed by atoms with Crippen molar-refractivity contribution in [3.05, 3.63) is 82.8 Å². The molecule has 5 nitrogen and oxygen atoms in total. The van der Waals surface area contributed by atoms with E-state index < -0.39 is 20.0 Å². The van der Waals surface area contributed by atoms with E-state index in [1.165, 1.54) is 72.8 Å². The molecular weight excluding hydrogens is 431 g/mol. The van der Waals surface area contributed by atoms with Crippen LogP contribution in [0.5, 0.6) is 5.75 Å². The van der Waals surface area contributed by atoms with Crippen LogP contribution in [0.3, 0.4) is 0 Å². The monoisotopic (exact) mass is 442 g/mol. The molecule has 9 heteroatoms. The van der Waals surface area contributed by atoms with E-state index in [1.54, 1.807) is 0 Å². The van der Waals surface area contributed by atoms with E-state index >= 15 is 0 Å². The van der Waals surface area contributed by atoms with E-state index in [-0.39, 0.29) is 20.4 Å². The van der Waals surface area contributed by atoms with Gasteiger partial charge >= 0.3 is 10.1 Å². The summed E-state index contributed by atoms with van der Waals surface area (Å²) >= 11 is 11.5. The molecule has 0 N–H and O–H groups in total. The van der Waals surface area contributed by atoms with Gasteiger partial charge in [0.25, 0.3) is 0 Å². The molecule has 140 valence electrons. The minimum Gasteiger partial charge on any atom is -0.379 e. The van der Waals surface area contributed by atoms with Gasteiger partial charge in [0.05, 0.1) is 9.79 Å². The molecule has 0 spiro atoms. The highest BCUT2D eigenvalue weighted by Gasteiger charge is 2.20. The molecule has 0 saturated carbocycles. The number of rotatable bonds is 5. The van der Waals surface area contributed by atoms with Crippen LogP contribution in [-0.4, -0.2) is 16.8 Å². The summed E-state index contributed by atoms with van der Waals surface area (Å²) in [6.45, 7) is 0. The Kier molecular flexibility index (Phi) is 5.48. The summed E-state index contributed by atoms with van der Waals surface area (Å²) in [5.41, 5.74) is 0. The highest BCUT2D eigenvalue weighted by molar-refractivity contribution is 7.91. The molecule has 0 fully saturated rings. The van der Waals surface area contributed by atoms with Crippen LogP contribution >= 0.6 is 23.2 Å². The molecule has 0 radical (unpaired) electrons. The summed E-state index contributed by atoms with van der Waals surface area (Å²) in [7, 11) is -7.81. The Morgan fingerprint density at radius 3 is 1.37 bits per heavy atom. The van der Waals surface area contributed by atoms with Gasteiger partial charge in [0.1, 0.15) is 10.6 Å². The van der Waals surface area contributed by atoms with Gasteiger partial charge in [-0.15, -0.1) is 0 Å². The fourth-order valence-corrected chi connectivity index (χ4v) is 4.64. The summed E-state index contributed by atoms with van der Waals surface area (Å²) in [5, 5.41) is 0.816. The molecular formula is C18H12Cl2O5S2. The van der Waals surface area contributed by atoms with E-state index in [9.17, 15) is 16.8 Å². The molecule has 0 unspecified atom stereocenters. The van der Waals surface area contributed by atoms with Gasteiger partial charge in [-0.05, 0) is 72.8 Å². The van der Waals surface area contributed by atoms with Gasteiger partial charge in [0.15, 0.2) is 0 Å². The Labute approximate surface area is 167 Å². The van der Waals surface area contributed by atoms with Crippen LogP contribution in [0, 0.1) is 0 Å². The van der Waals surface area contributed by atoms with E-state index in [0.29, 0.717) is 10.0 Å². The molecule has 0 aliphatic heterocycles. The van der Waals surface area contributed by atoms with Crippen LogP contribution in [0.2, 0.25) is 10.0 Å². The first-order valence-corrected chi connectivity index (χ1v) is 11.1. The Morgan fingerprint density at radius 1 is 0.556 bits per heavy atom. The van der Waals surface area contributed by atoms with Gasteiger partial charge in [-0.25, -0.2) is 8.42 Å². The van der Waals surface area contributed by atoms with Crippen molar-refractivity contribution in [2.45, 2.75) is 14.7 Å². The Balaban J connectivity index is 1.85. The topological polar surface area (TPSA) is 77.5 Å². The molecule has 27 heavy (non-hydrogen) atoms. The lowest BCUT2D eigenvalue weighted by molar-refractivity contribution is 0.486. The Bertz CT molecular complexity index is 1150. The lowest BCUT2D eigenvalue weighted by Gasteiger charge is -2.09. The third-order valence-corrected chi connectivity index (χ3v) is 7.12. The number of halogens is 2. The highest BCUT2D eigenvalue weighted by Crippen LogP contribution is 2.26. The average molecular weight is 443 g/mol.